The predicted octanol–water partition coefficient (Wildman–Crippen LogP) is 4.03. The highest BCUT2D eigenvalue weighted by Gasteiger charge is 2.30. The molecule has 0 spiro atoms. The minimum Gasteiger partial charge on any atom is -0.403 e. The van der Waals surface area contributed by atoms with Gasteiger partial charge >= 0.3 is 11.8 Å². The van der Waals surface area contributed by atoms with E-state index in [1.165, 1.54) is 24.5 Å². The Bertz CT molecular complexity index is 922. The van der Waals surface area contributed by atoms with E-state index in [0.29, 0.717) is 4.47 Å². The van der Waals surface area contributed by atoms with Gasteiger partial charge in [-0.25, -0.2) is 9.78 Å². The minimum absolute atomic E-state index is 0.0672. The first-order valence-corrected chi connectivity index (χ1v) is 6.77. The molecule has 0 aliphatic carbocycles. The molecule has 0 radical (unpaired) electrons. The van der Waals surface area contributed by atoms with Crippen LogP contribution >= 0.6 is 15.9 Å². The number of benzene rings is 1. The molecule has 0 saturated carbocycles. The summed E-state index contributed by atoms with van der Waals surface area (Å²) in [5.74, 6) is -0.185. The molecule has 2 aromatic heterocycles. The first-order valence-electron chi connectivity index (χ1n) is 5.98. The molecule has 0 amide bonds. The lowest BCUT2D eigenvalue weighted by Crippen LogP contribution is -2.06. The zero-order valence-corrected chi connectivity index (χ0v) is 12.3. The van der Waals surface area contributed by atoms with Gasteiger partial charge in [0.1, 0.15) is 5.39 Å². The van der Waals surface area contributed by atoms with E-state index in [1.807, 2.05) is 0 Å². The van der Waals surface area contributed by atoms with E-state index < -0.39 is 17.4 Å². The van der Waals surface area contributed by atoms with Crippen LogP contribution < -0.4 is 5.63 Å². The maximum Gasteiger partial charge on any atom is 0.416 e. The molecule has 22 heavy (non-hydrogen) atoms. The van der Waals surface area contributed by atoms with Crippen molar-refractivity contribution in [2.24, 2.45) is 0 Å². The highest BCUT2D eigenvalue weighted by Crippen LogP contribution is 2.32. The van der Waals surface area contributed by atoms with Crippen LogP contribution in [0.25, 0.3) is 22.4 Å². The molecule has 2 heterocycles. The lowest BCUT2D eigenvalue weighted by Gasteiger charge is -2.08. The molecule has 1 aromatic carbocycles. The quantitative estimate of drug-likeness (QED) is 0.648. The SMILES string of the molecule is O=c1oc(-c2cccc(C(F)(F)F)c2)nc2c(Br)cncc12. The zero-order chi connectivity index (χ0) is 15.9. The van der Waals surface area contributed by atoms with Gasteiger partial charge < -0.3 is 4.42 Å². The summed E-state index contributed by atoms with van der Waals surface area (Å²) in [6.07, 6.45) is -1.77. The summed E-state index contributed by atoms with van der Waals surface area (Å²) in [7, 11) is 0. The van der Waals surface area contributed by atoms with Crippen molar-refractivity contribution in [1.82, 2.24) is 9.97 Å². The first-order chi connectivity index (χ1) is 10.4. The summed E-state index contributed by atoms with van der Waals surface area (Å²) in [6.45, 7) is 0. The van der Waals surface area contributed by atoms with Gasteiger partial charge in [-0.3, -0.25) is 4.98 Å². The average Bonchev–Trinajstić information content (AvgIpc) is 2.47. The van der Waals surface area contributed by atoms with Gasteiger partial charge in [0.25, 0.3) is 0 Å². The number of rotatable bonds is 1. The number of halogens is 4. The van der Waals surface area contributed by atoms with Crippen molar-refractivity contribution < 1.29 is 17.6 Å². The third-order valence-electron chi connectivity index (χ3n) is 2.93. The Morgan fingerprint density at radius 3 is 2.68 bits per heavy atom. The molecular formula is C14H6BrF3N2O2. The predicted molar refractivity (Wildman–Crippen MR) is 76.2 cm³/mol. The fourth-order valence-corrected chi connectivity index (χ4v) is 2.33. The Hall–Kier alpha value is -2.22. The monoisotopic (exact) mass is 370 g/mol. The van der Waals surface area contributed by atoms with Crippen molar-refractivity contribution >= 4 is 26.8 Å². The molecule has 112 valence electrons. The van der Waals surface area contributed by atoms with Gasteiger partial charge in [0, 0.05) is 18.0 Å². The number of alkyl halides is 3. The van der Waals surface area contributed by atoms with E-state index in [4.69, 9.17) is 4.42 Å². The molecule has 4 nitrogen and oxygen atoms in total. The summed E-state index contributed by atoms with van der Waals surface area (Å²) < 4.78 is 43.7. The van der Waals surface area contributed by atoms with Crippen LogP contribution in [0.15, 0.2) is 50.3 Å². The third-order valence-corrected chi connectivity index (χ3v) is 3.51. The maximum absolute atomic E-state index is 12.8. The van der Waals surface area contributed by atoms with Gasteiger partial charge in [-0.05, 0) is 34.1 Å². The van der Waals surface area contributed by atoms with Crippen LogP contribution in [0.2, 0.25) is 0 Å². The summed E-state index contributed by atoms with van der Waals surface area (Å²) in [5, 5.41) is 0.144. The van der Waals surface area contributed by atoms with E-state index in [0.717, 1.165) is 12.1 Å². The number of pyridine rings is 1. The molecule has 0 atom stereocenters. The Balaban J connectivity index is 2.23. The highest BCUT2D eigenvalue weighted by molar-refractivity contribution is 9.10. The molecule has 3 rings (SSSR count). The van der Waals surface area contributed by atoms with Gasteiger partial charge in [0.05, 0.1) is 15.6 Å². The van der Waals surface area contributed by atoms with Crippen molar-refractivity contribution in [3.63, 3.8) is 0 Å². The Morgan fingerprint density at radius 1 is 1.18 bits per heavy atom. The van der Waals surface area contributed by atoms with Gasteiger partial charge in [-0.2, -0.15) is 13.2 Å². The average molecular weight is 371 g/mol. The molecule has 0 saturated heterocycles. The van der Waals surface area contributed by atoms with Crippen molar-refractivity contribution in [1.29, 1.82) is 0 Å². The summed E-state index contributed by atoms with van der Waals surface area (Å²) in [5.41, 5.74) is -1.22. The molecule has 0 unspecified atom stereocenters. The molecule has 0 bridgehead atoms. The lowest BCUT2D eigenvalue weighted by molar-refractivity contribution is -0.137. The van der Waals surface area contributed by atoms with Crippen LogP contribution in [-0.4, -0.2) is 9.97 Å². The van der Waals surface area contributed by atoms with Crippen molar-refractivity contribution in [2.45, 2.75) is 6.18 Å². The van der Waals surface area contributed by atoms with E-state index in [-0.39, 0.29) is 22.4 Å². The number of hydrogen-bond acceptors (Lipinski definition) is 4. The van der Waals surface area contributed by atoms with E-state index in [9.17, 15) is 18.0 Å². The normalized spacial score (nSPS) is 11.8. The van der Waals surface area contributed by atoms with E-state index >= 15 is 0 Å². The fraction of sp³-hybridized carbons (Fsp3) is 0.0714. The standard InChI is InChI=1S/C14H6BrF3N2O2/c15-10-6-19-5-9-11(10)20-12(22-13(9)21)7-2-1-3-8(4-7)14(16,17)18/h1-6H. The second-order valence-electron chi connectivity index (χ2n) is 4.40. The zero-order valence-electron chi connectivity index (χ0n) is 10.7. The number of hydrogen-bond donors (Lipinski definition) is 0. The van der Waals surface area contributed by atoms with Gasteiger partial charge in [0.2, 0.25) is 5.89 Å². The number of fused-ring (bicyclic) bond motifs is 1. The van der Waals surface area contributed by atoms with Gasteiger partial charge in [0.15, 0.2) is 0 Å². The molecule has 8 heteroatoms. The number of aromatic nitrogens is 2. The molecule has 3 aromatic rings. The molecular weight excluding hydrogens is 365 g/mol. The van der Waals surface area contributed by atoms with Gasteiger partial charge in [-0.15, -0.1) is 0 Å². The van der Waals surface area contributed by atoms with Crippen LogP contribution in [0.4, 0.5) is 13.2 Å². The summed E-state index contributed by atoms with van der Waals surface area (Å²) >= 11 is 3.20. The molecule has 0 aliphatic heterocycles. The second kappa shape index (κ2) is 5.20. The Labute approximate surface area is 129 Å². The smallest absolute Gasteiger partial charge is 0.403 e. The largest absolute Gasteiger partial charge is 0.416 e. The topological polar surface area (TPSA) is 56.0 Å². The van der Waals surface area contributed by atoms with E-state index in [1.54, 1.807) is 0 Å². The Kier molecular flexibility index (Phi) is 3.48. The minimum atomic E-state index is -4.49. The lowest BCUT2D eigenvalue weighted by atomic mass is 10.1. The molecule has 0 N–H and O–H groups in total. The third kappa shape index (κ3) is 2.61. The van der Waals surface area contributed by atoms with Crippen LogP contribution in [0.1, 0.15) is 5.56 Å². The van der Waals surface area contributed by atoms with E-state index in [2.05, 4.69) is 25.9 Å². The summed E-state index contributed by atoms with van der Waals surface area (Å²) in [6, 6.07) is 4.43. The van der Waals surface area contributed by atoms with Crippen LogP contribution in [0.5, 0.6) is 0 Å². The maximum atomic E-state index is 12.8. The van der Waals surface area contributed by atoms with Crippen molar-refractivity contribution in [3.05, 3.63) is 57.1 Å². The first kappa shape index (κ1) is 14.7. The van der Waals surface area contributed by atoms with Crippen LogP contribution in [0.3, 0.4) is 0 Å². The molecule has 0 aliphatic rings. The molecule has 0 fully saturated rings. The summed E-state index contributed by atoms with van der Waals surface area (Å²) in [4.78, 5) is 19.9. The second-order valence-corrected chi connectivity index (χ2v) is 5.26. The fourth-order valence-electron chi connectivity index (χ4n) is 1.91. The van der Waals surface area contributed by atoms with Crippen molar-refractivity contribution in [2.75, 3.05) is 0 Å². The Morgan fingerprint density at radius 2 is 1.95 bits per heavy atom. The van der Waals surface area contributed by atoms with Gasteiger partial charge in [-0.1, -0.05) is 6.07 Å². The highest BCUT2D eigenvalue weighted by atomic mass is 79.9. The van der Waals surface area contributed by atoms with Crippen LogP contribution in [0, 0.1) is 0 Å². The number of nitrogens with zero attached hydrogens (tertiary/aromatic N) is 2. The van der Waals surface area contributed by atoms with Crippen LogP contribution in [-0.2, 0) is 6.18 Å². The van der Waals surface area contributed by atoms with Crippen molar-refractivity contribution in [3.8, 4) is 11.5 Å².